The van der Waals surface area contributed by atoms with Gasteiger partial charge in [0.1, 0.15) is 10.7 Å². The van der Waals surface area contributed by atoms with E-state index in [0.29, 0.717) is 12.1 Å². The first kappa shape index (κ1) is 20.1. The van der Waals surface area contributed by atoms with Gasteiger partial charge in [0.25, 0.3) is 0 Å². The van der Waals surface area contributed by atoms with Crippen LogP contribution in [0.4, 0.5) is 23.2 Å². The van der Waals surface area contributed by atoms with Gasteiger partial charge in [-0.2, -0.15) is 13.2 Å². The molecule has 0 saturated heterocycles. The SMILES string of the molecule is O=C(CNS(=O)(=O)c1cc(C(F)(F)F)ccc1Cl)Nc1ccc(F)cc1. The second-order valence-electron chi connectivity index (χ2n) is 5.02. The minimum atomic E-state index is -4.76. The number of hydrogen-bond donors (Lipinski definition) is 2. The Balaban J connectivity index is 2.11. The molecule has 0 unspecified atom stereocenters. The Morgan fingerprint density at radius 2 is 1.69 bits per heavy atom. The second-order valence-corrected chi connectivity index (χ2v) is 7.17. The standard InChI is InChI=1S/C15H11ClF4N2O3S/c16-12-6-1-9(15(18,19)20)7-13(12)26(24,25)21-8-14(23)22-11-4-2-10(17)3-5-11/h1-7,21H,8H2,(H,22,23). The fraction of sp³-hybridized carbons (Fsp3) is 0.133. The average molecular weight is 411 g/mol. The van der Waals surface area contributed by atoms with Crippen LogP contribution in [0.3, 0.4) is 0 Å². The van der Waals surface area contributed by atoms with E-state index >= 15 is 0 Å². The number of amides is 1. The van der Waals surface area contributed by atoms with Crippen molar-refractivity contribution < 1.29 is 30.8 Å². The van der Waals surface area contributed by atoms with Crippen LogP contribution >= 0.6 is 11.6 Å². The third kappa shape index (κ3) is 5.16. The number of sulfonamides is 1. The maximum atomic E-state index is 12.8. The lowest BCUT2D eigenvalue weighted by molar-refractivity contribution is -0.137. The van der Waals surface area contributed by atoms with E-state index in [2.05, 4.69) is 5.32 Å². The summed E-state index contributed by atoms with van der Waals surface area (Å²) in [5.41, 5.74) is -0.981. The minimum absolute atomic E-state index is 0.215. The zero-order chi connectivity index (χ0) is 19.5. The van der Waals surface area contributed by atoms with E-state index in [1.54, 1.807) is 0 Å². The fourth-order valence-electron chi connectivity index (χ4n) is 1.86. The molecular weight excluding hydrogens is 400 g/mol. The molecule has 0 spiro atoms. The van der Waals surface area contributed by atoms with Gasteiger partial charge >= 0.3 is 6.18 Å². The van der Waals surface area contributed by atoms with Crippen molar-refractivity contribution in [1.82, 2.24) is 4.72 Å². The van der Waals surface area contributed by atoms with Crippen LogP contribution in [-0.4, -0.2) is 20.9 Å². The molecule has 0 aliphatic heterocycles. The van der Waals surface area contributed by atoms with Crippen LogP contribution < -0.4 is 10.0 Å². The Hall–Kier alpha value is -2.17. The van der Waals surface area contributed by atoms with Gasteiger partial charge in [-0.15, -0.1) is 0 Å². The number of benzene rings is 2. The highest BCUT2D eigenvalue weighted by Gasteiger charge is 2.32. The zero-order valence-corrected chi connectivity index (χ0v) is 14.3. The van der Waals surface area contributed by atoms with Crippen molar-refractivity contribution in [3.63, 3.8) is 0 Å². The summed E-state index contributed by atoms with van der Waals surface area (Å²) in [5, 5.41) is 1.87. The molecule has 26 heavy (non-hydrogen) atoms. The van der Waals surface area contributed by atoms with Crippen molar-refractivity contribution in [2.75, 3.05) is 11.9 Å². The van der Waals surface area contributed by atoms with Gasteiger partial charge in [-0.3, -0.25) is 4.79 Å². The summed E-state index contributed by atoms with van der Waals surface area (Å²) >= 11 is 5.67. The molecule has 2 rings (SSSR count). The van der Waals surface area contributed by atoms with Crippen LogP contribution in [0.5, 0.6) is 0 Å². The monoisotopic (exact) mass is 410 g/mol. The molecule has 0 bridgehead atoms. The molecule has 2 N–H and O–H groups in total. The number of rotatable bonds is 5. The summed E-state index contributed by atoms with van der Waals surface area (Å²) in [7, 11) is -4.47. The largest absolute Gasteiger partial charge is 0.416 e. The Kier molecular flexibility index (Phi) is 5.89. The number of halogens is 5. The van der Waals surface area contributed by atoms with E-state index in [9.17, 15) is 30.8 Å². The molecule has 1 amide bonds. The normalized spacial score (nSPS) is 12.0. The molecule has 5 nitrogen and oxygen atoms in total. The summed E-state index contributed by atoms with van der Waals surface area (Å²) in [5.74, 6) is -1.33. The second kappa shape index (κ2) is 7.60. The highest BCUT2D eigenvalue weighted by atomic mass is 35.5. The van der Waals surface area contributed by atoms with Gasteiger partial charge in [-0.1, -0.05) is 11.6 Å². The van der Waals surface area contributed by atoms with Crippen LogP contribution in [0, 0.1) is 5.82 Å². The van der Waals surface area contributed by atoms with E-state index < -0.39 is 50.0 Å². The Bertz CT molecular complexity index is 915. The Labute approximate surface area is 151 Å². The van der Waals surface area contributed by atoms with Crippen LogP contribution in [0.25, 0.3) is 0 Å². The zero-order valence-electron chi connectivity index (χ0n) is 12.8. The summed E-state index contributed by atoms with van der Waals surface area (Å²) in [6.07, 6.45) is -4.76. The number of carbonyl (C=O) groups is 1. The van der Waals surface area contributed by atoms with Crippen molar-refractivity contribution in [3.8, 4) is 0 Å². The lowest BCUT2D eigenvalue weighted by Gasteiger charge is -2.12. The average Bonchev–Trinajstić information content (AvgIpc) is 2.54. The van der Waals surface area contributed by atoms with E-state index in [1.807, 2.05) is 4.72 Å². The predicted octanol–water partition coefficient (Wildman–Crippen LogP) is 3.41. The van der Waals surface area contributed by atoms with Gasteiger partial charge in [0.2, 0.25) is 15.9 Å². The van der Waals surface area contributed by atoms with Gasteiger partial charge in [0.15, 0.2) is 0 Å². The van der Waals surface area contributed by atoms with Crippen molar-refractivity contribution in [2.24, 2.45) is 0 Å². The van der Waals surface area contributed by atoms with E-state index in [1.165, 1.54) is 12.1 Å². The Morgan fingerprint density at radius 3 is 2.27 bits per heavy atom. The first-order valence-electron chi connectivity index (χ1n) is 6.91. The maximum absolute atomic E-state index is 12.8. The van der Waals surface area contributed by atoms with Gasteiger partial charge in [0.05, 0.1) is 17.1 Å². The molecule has 0 aromatic heterocycles. The smallest absolute Gasteiger partial charge is 0.325 e. The van der Waals surface area contributed by atoms with Gasteiger partial charge in [-0.25, -0.2) is 17.5 Å². The molecule has 2 aromatic carbocycles. The summed E-state index contributed by atoms with van der Waals surface area (Å²) in [6.45, 7) is -0.758. The molecular formula is C15H11ClF4N2O3S. The van der Waals surface area contributed by atoms with Gasteiger partial charge < -0.3 is 5.32 Å². The molecule has 0 radical (unpaired) electrons. The predicted molar refractivity (Wildman–Crippen MR) is 86.7 cm³/mol. The number of anilines is 1. The molecule has 0 aliphatic rings. The van der Waals surface area contributed by atoms with E-state index in [4.69, 9.17) is 11.6 Å². The minimum Gasteiger partial charge on any atom is -0.325 e. The number of alkyl halides is 3. The summed E-state index contributed by atoms with van der Waals surface area (Å²) in [4.78, 5) is 10.9. The fourth-order valence-corrected chi connectivity index (χ4v) is 3.37. The van der Waals surface area contributed by atoms with Crippen molar-refractivity contribution >= 4 is 33.2 Å². The van der Waals surface area contributed by atoms with Gasteiger partial charge in [0, 0.05) is 5.69 Å². The van der Waals surface area contributed by atoms with Crippen LogP contribution in [-0.2, 0) is 21.0 Å². The number of nitrogens with one attached hydrogen (secondary N) is 2. The third-order valence-corrected chi connectivity index (χ3v) is 4.98. The topological polar surface area (TPSA) is 75.3 Å². The first-order valence-corrected chi connectivity index (χ1v) is 8.77. The first-order chi connectivity index (χ1) is 12.0. The van der Waals surface area contributed by atoms with Crippen molar-refractivity contribution in [1.29, 1.82) is 0 Å². The van der Waals surface area contributed by atoms with Crippen LogP contribution in [0.1, 0.15) is 5.56 Å². The molecule has 0 heterocycles. The lowest BCUT2D eigenvalue weighted by atomic mass is 10.2. The lowest BCUT2D eigenvalue weighted by Crippen LogP contribution is -2.33. The van der Waals surface area contributed by atoms with Crippen LogP contribution in [0.15, 0.2) is 47.4 Å². The maximum Gasteiger partial charge on any atom is 0.416 e. The highest BCUT2D eigenvalue weighted by molar-refractivity contribution is 7.89. The summed E-state index contributed by atoms with van der Waals surface area (Å²) in [6, 6.07) is 6.50. The van der Waals surface area contributed by atoms with Crippen LogP contribution in [0.2, 0.25) is 5.02 Å². The molecule has 2 aromatic rings. The van der Waals surface area contributed by atoms with E-state index in [-0.39, 0.29) is 5.69 Å². The van der Waals surface area contributed by atoms with Gasteiger partial charge in [-0.05, 0) is 42.5 Å². The number of hydrogen-bond acceptors (Lipinski definition) is 3. The quantitative estimate of drug-likeness (QED) is 0.742. The third-order valence-electron chi connectivity index (χ3n) is 3.10. The molecule has 0 aliphatic carbocycles. The molecule has 0 atom stereocenters. The van der Waals surface area contributed by atoms with Crippen molar-refractivity contribution in [3.05, 3.63) is 58.9 Å². The van der Waals surface area contributed by atoms with E-state index in [0.717, 1.165) is 18.2 Å². The number of carbonyl (C=O) groups excluding carboxylic acids is 1. The molecule has 11 heteroatoms. The Morgan fingerprint density at radius 1 is 1.08 bits per heavy atom. The molecule has 0 saturated carbocycles. The molecule has 140 valence electrons. The molecule has 0 fully saturated rings. The summed E-state index contributed by atoms with van der Waals surface area (Å²) < 4.78 is 77.1. The van der Waals surface area contributed by atoms with Crippen molar-refractivity contribution in [2.45, 2.75) is 11.1 Å². The highest BCUT2D eigenvalue weighted by Crippen LogP contribution is 2.33.